The maximum Gasteiger partial charge on any atom is 0.175 e. The number of hydrogen-bond acceptors (Lipinski definition) is 3. The zero-order valence-electron chi connectivity index (χ0n) is 13.5. The molecule has 1 heterocycles. The second-order valence-electron chi connectivity index (χ2n) is 5.23. The van der Waals surface area contributed by atoms with Crippen LogP contribution in [0, 0.1) is 0 Å². The molecule has 25 heavy (non-hydrogen) atoms. The van der Waals surface area contributed by atoms with Gasteiger partial charge in [0, 0.05) is 0 Å². The van der Waals surface area contributed by atoms with Gasteiger partial charge < -0.3 is 15.4 Å². The molecule has 2 N–H and O–H groups in total. The van der Waals surface area contributed by atoms with Crippen LogP contribution in [-0.4, -0.2) is 17.2 Å². The van der Waals surface area contributed by atoms with Crippen LogP contribution in [0.4, 0.5) is 11.4 Å². The third-order valence-corrected chi connectivity index (χ3v) is 3.97. The summed E-state index contributed by atoms with van der Waals surface area (Å²) in [4.78, 5) is 4.02. The second-order valence-corrected chi connectivity index (χ2v) is 6.03. The zero-order chi connectivity index (χ0) is 17.6. The summed E-state index contributed by atoms with van der Waals surface area (Å²) in [6, 6.07) is 19.6. The second kappa shape index (κ2) is 7.96. The van der Waals surface area contributed by atoms with Gasteiger partial charge in [-0.1, -0.05) is 48.0 Å². The first-order chi connectivity index (χ1) is 12.2. The first kappa shape index (κ1) is 17.2. The number of pyridine rings is 1. The van der Waals surface area contributed by atoms with Gasteiger partial charge in [0.25, 0.3) is 0 Å². The Kier molecular flexibility index (Phi) is 5.48. The molecule has 1 aromatic heterocycles. The molecule has 0 saturated carbocycles. The van der Waals surface area contributed by atoms with Crippen LogP contribution in [0.15, 0.2) is 66.9 Å². The summed E-state index contributed by atoms with van der Waals surface area (Å²) >= 11 is 11.2. The number of methoxy groups -OCH3 is 1. The molecule has 0 bridgehead atoms. The number of nitrogens with one attached hydrogen (secondary N) is 2. The Morgan fingerprint density at radius 3 is 2.48 bits per heavy atom. The van der Waals surface area contributed by atoms with E-state index in [0.717, 1.165) is 22.5 Å². The van der Waals surface area contributed by atoms with Gasteiger partial charge in [-0.2, -0.15) is 0 Å². The lowest BCUT2D eigenvalue weighted by molar-refractivity contribution is 0.417. The number of nitrogens with zero attached hydrogens (tertiary/aromatic N) is 1. The number of ether oxygens (including phenoxy) is 1. The summed E-state index contributed by atoms with van der Waals surface area (Å²) in [5.74, 6) is 0.707. The van der Waals surface area contributed by atoms with Crippen LogP contribution in [0.1, 0.15) is 0 Å². The Morgan fingerprint density at radius 1 is 1.00 bits per heavy atom. The largest absolute Gasteiger partial charge is 0.495 e. The van der Waals surface area contributed by atoms with Crippen LogP contribution in [0.3, 0.4) is 0 Å². The molecular weight excluding hydrogens is 354 g/mol. The van der Waals surface area contributed by atoms with Crippen molar-refractivity contribution in [1.82, 2.24) is 4.98 Å². The maximum absolute atomic E-state index is 5.79. The Morgan fingerprint density at radius 2 is 1.80 bits per heavy atom. The highest BCUT2D eigenvalue weighted by Gasteiger charge is 2.08. The molecule has 0 amide bonds. The molecule has 0 aliphatic heterocycles. The Labute approximate surface area is 156 Å². The molecule has 6 heteroatoms. The van der Waals surface area contributed by atoms with E-state index >= 15 is 0 Å². The maximum atomic E-state index is 5.79. The molecule has 2 aromatic carbocycles. The van der Waals surface area contributed by atoms with Crippen LogP contribution in [-0.2, 0) is 0 Å². The zero-order valence-corrected chi connectivity index (χ0v) is 15.1. The number of anilines is 2. The van der Waals surface area contributed by atoms with Gasteiger partial charge in [-0.15, -0.1) is 0 Å². The first-order valence-electron chi connectivity index (χ1n) is 7.59. The molecule has 3 rings (SSSR count). The van der Waals surface area contributed by atoms with E-state index in [4.69, 9.17) is 28.6 Å². The minimum atomic E-state index is 0.432. The van der Waals surface area contributed by atoms with Crippen molar-refractivity contribution in [3.05, 3.63) is 72.0 Å². The molecule has 0 radical (unpaired) electrons. The molecule has 3 aromatic rings. The van der Waals surface area contributed by atoms with Crippen LogP contribution < -0.4 is 15.4 Å². The number of halogens is 1. The lowest BCUT2D eigenvalue weighted by Gasteiger charge is -2.15. The van der Waals surface area contributed by atoms with Crippen molar-refractivity contribution in [2.45, 2.75) is 0 Å². The van der Waals surface area contributed by atoms with Gasteiger partial charge >= 0.3 is 0 Å². The predicted octanol–water partition coefficient (Wildman–Crippen LogP) is 5.22. The standard InChI is InChI=1S/C19H16ClN3OS/c1-24-17-9-7-14(13-5-3-2-4-6-13)11-16(17)23-19(25)22-15-8-10-18(20)21-12-15/h2-12H,1H3,(H2,22,23,25). The third-order valence-electron chi connectivity index (χ3n) is 3.54. The predicted molar refractivity (Wildman–Crippen MR) is 108 cm³/mol. The van der Waals surface area contributed by atoms with Gasteiger partial charge in [0.1, 0.15) is 10.9 Å². The van der Waals surface area contributed by atoms with Gasteiger partial charge in [-0.25, -0.2) is 4.98 Å². The van der Waals surface area contributed by atoms with Crippen molar-refractivity contribution in [1.29, 1.82) is 0 Å². The van der Waals surface area contributed by atoms with Crippen LogP contribution >= 0.6 is 23.8 Å². The summed E-state index contributed by atoms with van der Waals surface area (Å²) in [7, 11) is 1.63. The molecule has 4 nitrogen and oxygen atoms in total. The van der Waals surface area contributed by atoms with Crippen LogP contribution in [0.2, 0.25) is 5.15 Å². The third kappa shape index (κ3) is 4.47. The summed E-state index contributed by atoms with van der Waals surface area (Å²) in [5, 5.41) is 7.11. The molecule has 0 unspecified atom stereocenters. The Balaban J connectivity index is 1.80. The van der Waals surface area contributed by atoms with E-state index in [1.165, 1.54) is 0 Å². The van der Waals surface area contributed by atoms with E-state index in [1.54, 1.807) is 25.4 Å². The van der Waals surface area contributed by atoms with E-state index < -0.39 is 0 Å². The quantitative estimate of drug-likeness (QED) is 0.487. The monoisotopic (exact) mass is 369 g/mol. The highest BCUT2D eigenvalue weighted by Crippen LogP contribution is 2.30. The number of benzene rings is 2. The Bertz CT molecular complexity index is 870. The fourth-order valence-electron chi connectivity index (χ4n) is 2.35. The SMILES string of the molecule is COc1ccc(-c2ccccc2)cc1NC(=S)Nc1ccc(Cl)nc1. The topological polar surface area (TPSA) is 46.2 Å². The Hall–Kier alpha value is -2.63. The normalized spacial score (nSPS) is 10.2. The number of hydrogen-bond donors (Lipinski definition) is 2. The van der Waals surface area contributed by atoms with Gasteiger partial charge in [0.15, 0.2) is 5.11 Å². The van der Waals surface area contributed by atoms with Gasteiger partial charge in [-0.05, 0) is 47.6 Å². The molecule has 0 saturated heterocycles. The smallest absolute Gasteiger partial charge is 0.175 e. The summed E-state index contributed by atoms with van der Waals surface area (Å²) in [6.07, 6.45) is 1.62. The van der Waals surface area contributed by atoms with E-state index in [0.29, 0.717) is 16.0 Å². The number of aromatic nitrogens is 1. The van der Waals surface area contributed by atoms with E-state index in [2.05, 4.69) is 27.8 Å². The molecule has 0 spiro atoms. The van der Waals surface area contributed by atoms with Gasteiger partial charge in [-0.3, -0.25) is 0 Å². The van der Waals surface area contributed by atoms with Crippen LogP contribution in [0.25, 0.3) is 11.1 Å². The van der Waals surface area contributed by atoms with Gasteiger partial charge in [0.2, 0.25) is 0 Å². The van der Waals surface area contributed by atoms with Crippen molar-refractivity contribution in [3.8, 4) is 16.9 Å². The fourth-order valence-corrected chi connectivity index (χ4v) is 2.69. The molecule has 126 valence electrons. The average molecular weight is 370 g/mol. The van der Waals surface area contributed by atoms with E-state index in [1.807, 2.05) is 36.4 Å². The molecular formula is C19H16ClN3OS. The van der Waals surface area contributed by atoms with Crippen molar-refractivity contribution < 1.29 is 4.74 Å². The average Bonchev–Trinajstić information content (AvgIpc) is 2.64. The summed E-state index contributed by atoms with van der Waals surface area (Å²) in [5.41, 5.74) is 3.72. The van der Waals surface area contributed by atoms with Gasteiger partial charge in [0.05, 0.1) is 24.7 Å². The lowest BCUT2D eigenvalue weighted by atomic mass is 10.0. The summed E-state index contributed by atoms with van der Waals surface area (Å²) in [6.45, 7) is 0. The van der Waals surface area contributed by atoms with Crippen molar-refractivity contribution in [2.24, 2.45) is 0 Å². The minimum absolute atomic E-state index is 0.432. The van der Waals surface area contributed by atoms with Crippen LogP contribution in [0.5, 0.6) is 5.75 Å². The lowest BCUT2D eigenvalue weighted by Crippen LogP contribution is -2.19. The molecule has 0 atom stereocenters. The minimum Gasteiger partial charge on any atom is -0.495 e. The number of thiocarbonyl (C=S) groups is 1. The van der Waals surface area contributed by atoms with Crippen molar-refractivity contribution >= 4 is 40.3 Å². The van der Waals surface area contributed by atoms with E-state index in [-0.39, 0.29) is 0 Å². The first-order valence-corrected chi connectivity index (χ1v) is 8.37. The molecule has 0 aliphatic carbocycles. The fraction of sp³-hybridized carbons (Fsp3) is 0.0526. The highest BCUT2D eigenvalue weighted by atomic mass is 35.5. The highest BCUT2D eigenvalue weighted by molar-refractivity contribution is 7.80. The van der Waals surface area contributed by atoms with Crippen molar-refractivity contribution in [3.63, 3.8) is 0 Å². The van der Waals surface area contributed by atoms with E-state index in [9.17, 15) is 0 Å². The summed E-state index contributed by atoms with van der Waals surface area (Å²) < 4.78 is 5.42. The molecule has 0 aliphatic rings. The van der Waals surface area contributed by atoms with Crippen molar-refractivity contribution in [2.75, 3.05) is 17.7 Å². The number of rotatable bonds is 4. The molecule has 0 fully saturated rings.